The predicted octanol–water partition coefficient (Wildman–Crippen LogP) is 2.83. The first-order chi connectivity index (χ1) is 11.9. The Morgan fingerprint density at radius 1 is 1.35 bits per heavy atom. The number of benzene rings is 2. The molecule has 0 aliphatic heterocycles. The van der Waals surface area contributed by atoms with Crippen molar-refractivity contribution in [1.82, 2.24) is 5.32 Å². The Bertz CT molecular complexity index is 756. The third-order valence-electron chi connectivity index (χ3n) is 3.49. The van der Waals surface area contributed by atoms with Gasteiger partial charge in [-0.2, -0.15) is 0 Å². The summed E-state index contributed by atoms with van der Waals surface area (Å²) in [5, 5.41) is 12.9. The number of halogens is 2. The lowest BCUT2D eigenvalue weighted by Gasteiger charge is -2.15. The quantitative estimate of drug-likeness (QED) is 0.621. The molecule has 0 spiro atoms. The predicted molar refractivity (Wildman–Crippen MR) is 105 cm³/mol. The number of anilines is 1. The molecular formula is C18H22Cl2N2O4. The van der Waals surface area contributed by atoms with E-state index in [4.69, 9.17) is 26.8 Å². The van der Waals surface area contributed by atoms with E-state index in [1.165, 1.54) is 19.2 Å². The first-order valence-electron chi connectivity index (χ1n) is 7.69. The van der Waals surface area contributed by atoms with Crippen molar-refractivity contribution in [3.63, 3.8) is 0 Å². The highest BCUT2D eigenvalue weighted by atomic mass is 35.5. The van der Waals surface area contributed by atoms with Gasteiger partial charge >= 0.3 is 0 Å². The Labute approximate surface area is 163 Å². The summed E-state index contributed by atoms with van der Waals surface area (Å²) in [6, 6.07) is 10.4. The third kappa shape index (κ3) is 5.98. The molecule has 2 aromatic carbocycles. The van der Waals surface area contributed by atoms with Gasteiger partial charge in [0.2, 0.25) is 0 Å². The standard InChI is InChI=1S/C18H21ClN2O4.ClH/c1-11-4-3-5-13(6-11)25-10-12(22)9-21-18(23)14-7-15(19)16(20)8-17(14)24-2;/h3-8,12,22H,9-10,20H2,1-2H3,(H,21,23);1H. The molecule has 0 radical (unpaired) electrons. The average molecular weight is 401 g/mol. The van der Waals surface area contributed by atoms with Gasteiger partial charge in [0.05, 0.1) is 23.4 Å². The number of aliphatic hydroxyl groups is 1. The molecule has 0 saturated carbocycles. The molecule has 1 amide bonds. The number of carbonyl (C=O) groups is 1. The van der Waals surface area contributed by atoms with E-state index in [0.29, 0.717) is 17.2 Å². The van der Waals surface area contributed by atoms with Crippen molar-refractivity contribution in [3.05, 3.63) is 52.5 Å². The lowest BCUT2D eigenvalue weighted by molar-refractivity contribution is 0.0841. The topological polar surface area (TPSA) is 93.8 Å². The zero-order valence-corrected chi connectivity index (χ0v) is 16.1. The first kappa shape index (κ1) is 21.9. The van der Waals surface area contributed by atoms with Gasteiger partial charge in [0.1, 0.15) is 24.2 Å². The summed E-state index contributed by atoms with van der Waals surface area (Å²) in [6.07, 6.45) is -0.861. The second-order valence-electron chi connectivity index (χ2n) is 5.57. The van der Waals surface area contributed by atoms with E-state index < -0.39 is 12.0 Å². The van der Waals surface area contributed by atoms with Crippen molar-refractivity contribution in [2.75, 3.05) is 26.0 Å². The Hall–Kier alpha value is -2.15. The first-order valence-corrected chi connectivity index (χ1v) is 8.07. The number of aryl methyl sites for hydroxylation is 1. The van der Waals surface area contributed by atoms with Crippen LogP contribution in [0, 0.1) is 6.92 Å². The molecule has 0 saturated heterocycles. The third-order valence-corrected chi connectivity index (χ3v) is 3.82. The Kier molecular flexibility index (Phi) is 8.51. The summed E-state index contributed by atoms with van der Waals surface area (Å²) < 4.78 is 10.6. The fourth-order valence-electron chi connectivity index (χ4n) is 2.18. The second-order valence-corrected chi connectivity index (χ2v) is 5.97. The van der Waals surface area contributed by atoms with Crippen LogP contribution < -0.4 is 20.5 Å². The number of aliphatic hydroxyl groups excluding tert-OH is 1. The maximum absolute atomic E-state index is 12.3. The van der Waals surface area contributed by atoms with E-state index >= 15 is 0 Å². The van der Waals surface area contributed by atoms with Gasteiger partial charge in [0.25, 0.3) is 5.91 Å². The molecule has 4 N–H and O–H groups in total. The van der Waals surface area contributed by atoms with Crippen LogP contribution in [0.2, 0.25) is 5.02 Å². The largest absolute Gasteiger partial charge is 0.496 e. The van der Waals surface area contributed by atoms with E-state index in [9.17, 15) is 9.90 Å². The molecule has 0 heterocycles. The average Bonchev–Trinajstić information content (AvgIpc) is 2.59. The van der Waals surface area contributed by atoms with Gasteiger partial charge in [-0.15, -0.1) is 12.4 Å². The SMILES string of the molecule is COc1cc(N)c(Cl)cc1C(=O)NCC(O)COc1cccc(C)c1.Cl. The van der Waals surface area contributed by atoms with Gasteiger partial charge in [-0.3, -0.25) is 4.79 Å². The number of ether oxygens (including phenoxy) is 2. The molecular weight excluding hydrogens is 379 g/mol. The van der Waals surface area contributed by atoms with Crippen molar-refractivity contribution >= 4 is 35.6 Å². The number of rotatable bonds is 7. The van der Waals surface area contributed by atoms with Crippen LogP contribution in [0.1, 0.15) is 15.9 Å². The van der Waals surface area contributed by atoms with Crippen LogP contribution in [-0.4, -0.2) is 37.4 Å². The van der Waals surface area contributed by atoms with Crippen LogP contribution in [0.25, 0.3) is 0 Å². The van der Waals surface area contributed by atoms with Gasteiger partial charge in [-0.25, -0.2) is 0 Å². The van der Waals surface area contributed by atoms with E-state index in [1.807, 2.05) is 25.1 Å². The second kappa shape index (κ2) is 10.1. The Balaban J connectivity index is 0.00000338. The summed E-state index contributed by atoms with van der Waals surface area (Å²) in [6.45, 7) is 2.04. The van der Waals surface area contributed by atoms with E-state index in [2.05, 4.69) is 5.32 Å². The van der Waals surface area contributed by atoms with Crippen LogP contribution in [0.3, 0.4) is 0 Å². The maximum Gasteiger partial charge on any atom is 0.255 e. The zero-order valence-electron chi connectivity index (χ0n) is 14.5. The number of nitrogen functional groups attached to an aromatic ring is 1. The number of hydrogen-bond acceptors (Lipinski definition) is 5. The summed E-state index contributed by atoms with van der Waals surface area (Å²) in [5.74, 6) is 0.551. The molecule has 0 bridgehead atoms. The van der Waals surface area contributed by atoms with Gasteiger partial charge in [-0.1, -0.05) is 23.7 Å². The highest BCUT2D eigenvalue weighted by Crippen LogP contribution is 2.28. The number of nitrogens with two attached hydrogens (primary N) is 1. The maximum atomic E-state index is 12.3. The van der Waals surface area contributed by atoms with Crippen LogP contribution in [0.5, 0.6) is 11.5 Å². The fourth-order valence-corrected chi connectivity index (χ4v) is 2.34. The van der Waals surface area contributed by atoms with Gasteiger partial charge in [0.15, 0.2) is 0 Å². The van der Waals surface area contributed by atoms with Crippen molar-refractivity contribution < 1.29 is 19.4 Å². The minimum Gasteiger partial charge on any atom is -0.496 e. The van der Waals surface area contributed by atoms with Gasteiger partial charge in [-0.05, 0) is 30.7 Å². The molecule has 0 aliphatic carbocycles. The number of amides is 1. The number of nitrogens with one attached hydrogen (secondary N) is 1. The summed E-state index contributed by atoms with van der Waals surface area (Å²) in [7, 11) is 1.43. The highest BCUT2D eigenvalue weighted by molar-refractivity contribution is 6.33. The van der Waals surface area contributed by atoms with Crippen molar-refractivity contribution in [3.8, 4) is 11.5 Å². The summed E-state index contributed by atoms with van der Waals surface area (Å²) in [4.78, 5) is 12.3. The molecule has 2 rings (SSSR count). The van der Waals surface area contributed by atoms with Gasteiger partial charge in [0, 0.05) is 12.6 Å². The molecule has 142 valence electrons. The molecule has 1 unspecified atom stereocenters. The van der Waals surface area contributed by atoms with Crippen LogP contribution >= 0.6 is 24.0 Å². The molecule has 0 fully saturated rings. The summed E-state index contributed by atoms with van der Waals surface area (Å²) >= 11 is 5.95. The smallest absolute Gasteiger partial charge is 0.255 e. The minimum absolute atomic E-state index is 0. The molecule has 2 aromatic rings. The monoisotopic (exact) mass is 400 g/mol. The lowest BCUT2D eigenvalue weighted by atomic mass is 10.1. The van der Waals surface area contributed by atoms with Crippen molar-refractivity contribution in [2.45, 2.75) is 13.0 Å². The highest BCUT2D eigenvalue weighted by Gasteiger charge is 2.16. The molecule has 0 aliphatic rings. The lowest BCUT2D eigenvalue weighted by Crippen LogP contribution is -2.35. The molecule has 0 aromatic heterocycles. The van der Waals surface area contributed by atoms with E-state index in [1.54, 1.807) is 6.07 Å². The molecule has 6 nitrogen and oxygen atoms in total. The number of methoxy groups -OCH3 is 1. The number of hydrogen-bond donors (Lipinski definition) is 3. The van der Waals surface area contributed by atoms with Gasteiger partial charge < -0.3 is 25.6 Å². The fraction of sp³-hybridized carbons (Fsp3) is 0.278. The van der Waals surface area contributed by atoms with Crippen LogP contribution in [-0.2, 0) is 0 Å². The van der Waals surface area contributed by atoms with Crippen molar-refractivity contribution in [1.29, 1.82) is 0 Å². The Morgan fingerprint density at radius 2 is 2.08 bits per heavy atom. The van der Waals surface area contributed by atoms with Crippen molar-refractivity contribution in [2.24, 2.45) is 0 Å². The minimum atomic E-state index is -0.861. The van der Waals surface area contributed by atoms with E-state index in [-0.39, 0.29) is 36.1 Å². The van der Waals surface area contributed by atoms with Crippen LogP contribution in [0.4, 0.5) is 5.69 Å². The molecule has 1 atom stereocenters. The molecule has 26 heavy (non-hydrogen) atoms. The molecule has 8 heteroatoms. The number of carbonyl (C=O) groups excluding carboxylic acids is 1. The van der Waals surface area contributed by atoms with Crippen LogP contribution in [0.15, 0.2) is 36.4 Å². The zero-order chi connectivity index (χ0) is 18.4. The van der Waals surface area contributed by atoms with E-state index in [0.717, 1.165) is 5.56 Å². The Morgan fingerprint density at radius 3 is 2.73 bits per heavy atom. The summed E-state index contributed by atoms with van der Waals surface area (Å²) in [5.41, 5.74) is 7.32. The normalized spacial score (nSPS) is 11.2.